The predicted molar refractivity (Wildman–Crippen MR) is 56.0 cm³/mol. The van der Waals surface area contributed by atoms with E-state index in [0.717, 1.165) is 11.4 Å². The molecular weight excluding hydrogens is 200 g/mol. The molecule has 1 aromatic heterocycles. The molecule has 80 valence electrons. The molecule has 1 aromatic rings. The van der Waals surface area contributed by atoms with E-state index in [4.69, 9.17) is 0 Å². The van der Waals surface area contributed by atoms with Gasteiger partial charge >= 0.3 is 0 Å². The van der Waals surface area contributed by atoms with E-state index >= 15 is 0 Å². The molecule has 0 unspecified atom stereocenters. The Bertz CT molecular complexity index is 406. The lowest BCUT2D eigenvalue weighted by Gasteiger charge is -2.02. The average molecular weight is 216 g/mol. The summed E-state index contributed by atoms with van der Waals surface area (Å²) in [6.07, 6.45) is 1.88. The monoisotopic (exact) mass is 216 g/mol. The van der Waals surface area contributed by atoms with Crippen molar-refractivity contribution in [3.05, 3.63) is 17.5 Å². The minimum atomic E-state index is -2.84. The number of hydrogen-bond donors (Lipinski definition) is 0. The van der Waals surface area contributed by atoms with Gasteiger partial charge in [-0.15, -0.1) is 0 Å². The molecule has 0 aromatic carbocycles. The van der Waals surface area contributed by atoms with Crippen LogP contribution in [0.4, 0.5) is 0 Å². The standard InChI is InChI=1S/C9H16N2O2S/c1-8-7-9(2)11(10-8)5-4-6-14(3,12)13/h7H,4-6H2,1-3H3. The highest BCUT2D eigenvalue weighted by Crippen LogP contribution is 2.03. The minimum absolute atomic E-state index is 0.228. The highest BCUT2D eigenvalue weighted by Gasteiger charge is 2.04. The van der Waals surface area contributed by atoms with Crippen LogP contribution in [0, 0.1) is 13.8 Å². The molecule has 4 nitrogen and oxygen atoms in total. The maximum Gasteiger partial charge on any atom is 0.147 e. The van der Waals surface area contributed by atoms with Crippen LogP contribution < -0.4 is 0 Å². The number of sulfone groups is 1. The van der Waals surface area contributed by atoms with Gasteiger partial charge in [0.25, 0.3) is 0 Å². The molecule has 0 spiro atoms. The van der Waals surface area contributed by atoms with Gasteiger partial charge < -0.3 is 0 Å². The highest BCUT2D eigenvalue weighted by molar-refractivity contribution is 7.90. The van der Waals surface area contributed by atoms with E-state index in [2.05, 4.69) is 5.10 Å². The molecular formula is C9H16N2O2S. The lowest BCUT2D eigenvalue weighted by molar-refractivity contribution is 0.566. The van der Waals surface area contributed by atoms with Crippen LogP contribution >= 0.6 is 0 Å². The van der Waals surface area contributed by atoms with Gasteiger partial charge in [-0.25, -0.2) is 8.42 Å². The van der Waals surface area contributed by atoms with Crippen LogP contribution in [-0.4, -0.2) is 30.2 Å². The van der Waals surface area contributed by atoms with E-state index in [1.807, 2.05) is 24.6 Å². The Morgan fingerprint density at radius 1 is 1.43 bits per heavy atom. The summed E-state index contributed by atoms with van der Waals surface area (Å²) < 4.78 is 23.6. The first-order valence-corrected chi connectivity index (χ1v) is 6.63. The maximum absolute atomic E-state index is 10.9. The Morgan fingerprint density at radius 3 is 2.50 bits per heavy atom. The van der Waals surface area contributed by atoms with E-state index in [1.54, 1.807) is 0 Å². The number of rotatable bonds is 4. The molecule has 5 heteroatoms. The van der Waals surface area contributed by atoms with Gasteiger partial charge in [-0.3, -0.25) is 4.68 Å². The minimum Gasteiger partial charge on any atom is -0.270 e. The fourth-order valence-corrected chi connectivity index (χ4v) is 2.03. The van der Waals surface area contributed by atoms with Gasteiger partial charge in [0.1, 0.15) is 9.84 Å². The van der Waals surface area contributed by atoms with Crippen molar-refractivity contribution < 1.29 is 8.42 Å². The SMILES string of the molecule is Cc1cc(C)n(CCCS(C)(=O)=O)n1. The van der Waals surface area contributed by atoms with Crippen molar-refractivity contribution in [2.45, 2.75) is 26.8 Å². The molecule has 14 heavy (non-hydrogen) atoms. The van der Waals surface area contributed by atoms with E-state index in [1.165, 1.54) is 6.26 Å². The van der Waals surface area contributed by atoms with Gasteiger partial charge in [-0.1, -0.05) is 0 Å². The highest BCUT2D eigenvalue weighted by atomic mass is 32.2. The van der Waals surface area contributed by atoms with Crippen molar-refractivity contribution in [1.29, 1.82) is 0 Å². The molecule has 1 heterocycles. The molecule has 0 N–H and O–H groups in total. The molecule has 0 saturated carbocycles. The van der Waals surface area contributed by atoms with Gasteiger partial charge in [-0.2, -0.15) is 5.10 Å². The Labute approximate surface area is 84.9 Å². The largest absolute Gasteiger partial charge is 0.270 e. The molecule has 0 radical (unpaired) electrons. The van der Waals surface area contributed by atoms with Gasteiger partial charge in [0.15, 0.2) is 0 Å². The van der Waals surface area contributed by atoms with Gasteiger partial charge in [0.2, 0.25) is 0 Å². The first-order valence-electron chi connectivity index (χ1n) is 4.57. The number of aryl methyl sites for hydroxylation is 3. The normalized spacial score (nSPS) is 11.9. The molecule has 0 aliphatic rings. The third kappa shape index (κ3) is 3.49. The zero-order chi connectivity index (χ0) is 10.8. The summed E-state index contributed by atoms with van der Waals surface area (Å²) in [5, 5.41) is 4.25. The second-order valence-electron chi connectivity index (χ2n) is 3.63. The second-order valence-corrected chi connectivity index (χ2v) is 5.89. The third-order valence-corrected chi connectivity index (χ3v) is 3.02. The Kier molecular flexibility index (Phi) is 3.31. The fourth-order valence-electron chi connectivity index (χ4n) is 1.38. The summed E-state index contributed by atoms with van der Waals surface area (Å²) in [5.41, 5.74) is 2.05. The van der Waals surface area contributed by atoms with Crippen molar-refractivity contribution in [3.63, 3.8) is 0 Å². The second kappa shape index (κ2) is 4.13. The van der Waals surface area contributed by atoms with E-state index in [-0.39, 0.29) is 5.75 Å². The molecule has 0 aliphatic carbocycles. The topological polar surface area (TPSA) is 52.0 Å². The summed E-state index contributed by atoms with van der Waals surface area (Å²) in [6, 6.07) is 1.99. The van der Waals surface area contributed by atoms with Crippen LogP contribution in [0.3, 0.4) is 0 Å². The average Bonchev–Trinajstić information content (AvgIpc) is 2.27. The third-order valence-electron chi connectivity index (χ3n) is 1.99. The molecule has 0 fully saturated rings. The van der Waals surface area contributed by atoms with E-state index in [9.17, 15) is 8.42 Å². The molecule has 0 amide bonds. The quantitative estimate of drug-likeness (QED) is 0.752. The Balaban J connectivity index is 2.50. The van der Waals surface area contributed by atoms with Gasteiger partial charge in [0.05, 0.1) is 11.4 Å². The summed E-state index contributed by atoms with van der Waals surface area (Å²) in [7, 11) is -2.84. The van der Waals surface area contributed by atoms with E-state index < -0.39 is 9.84 Å². The zero-order valence-corrected chi connectivity index (χ0v) is 9.63. The van der Waals surface area contributed by atoms with Gasteiger partial charge in [-0.05, 0) is 26.3 Å². The molecule has 0 aliphatic heterocycles. The first kappa shape index (κ1) is 11.2. The Morgan fingerprint density at radius 2 is 2.07 bits per heavy atom. The molecule has 0 atom stereocenters. The fraction of sp³-hybridized carbons (Fsp3) is 0.667. The smallest absolute Gasteiger partial charge is 0.147 e. The van der Waals surface area contributed by atoms with Crippen molar-refractivity contribution in [2.75, 3.05) is 12.0 Å². The van der Waals surface area contributed by atoms with Crippen LogP contribution in [0.5, 0.6) is 0 Å². The van der Waals surface area contributed by atoms with Crippen LogP contribution in [0.25, 0.3) is 0 Å². The van der Waals surface area contributed by atoms with Crippen LogP contribution in [0.1, 0.15) is 17.8 Å². The van der Waals surface area contributed by atoms with Gasteiger partial charge in [0, 0.05) is 18.5 Å². The number of hydrogen-bond acceptors (Lipinski definition) is 3. The van der Waals surface area contributed by atoms with Crippen LogP contribution in [0.2, 0.25) is 0 Å². The van der Waals surface area contributed by atoms with Crippen molar-refractivity contribution in [1.82, 2.24) is 9.78 Å². The molecule has 0 bridgehead atoms. The summed E-state index contributed by atoms with van der Waals surface area (Å²) in [6.45, 7) is 4.58. The lowest BCUT2D eigenvalue weighted by atomic mass is 10.4. The summed E-state index contributed by atoms with van der Waals surface area (Å²) in [4.78, 5) is 0. The molecule has 0 saturated heterocycles. The van der Waals surface area contributed by atoms with Crippen molar-refractivity contribution >= 4 is 9.84 Å². The summed E-state index contributed by atoms with van der Waals surface area (Å²) in [5.74, 6) is 0.228. The van der Waals surface area contributed by atoms with Crippen molar-refractivity contribution in [2.24, 2.45) is 0 Å². The number of aromatic nitrogens is 2. The molecule has 1 rings (SSSR count). The Hall–Kier alpha value is -0.840. The first-order chi connectivity index (χ1) is 6.38. The van der Waals surface area contributed by atoms with Crippen LogP contribution in [-0.2, 0) is 16.4 Å². The zero-order valence-electron chi connectivity index (χ0n) is 8.82. The maximum atomic E-state index is 10.9. The van der Waals surface area contributed by atoms with Crippen molar-refractivity contribution in [3.8, 4) is 0 Å². The predicted octanol–water partition coefficient (Wildman–Crippen LogP) is 0.935. The van der Waals surface area contributed by atoms with Crippen LogP contribution in [0.15, 0.2) is 6.07 Å². The summed E-state index contributed by atoms with van der Waals surface area (Å²) >= 11 is 0. The number of nitrogens with zero attached hydrogens (tertiary/aromatic N) is 2. The van der Waals surface area contributed by atoms with E-state index in [0.29, 0.717) is 13.0 Å². The lowest BCUT2D eigenvalue weighted by Crippen LogP contribution is -2.09.